The van der Waals surface area contributed by atoms with E-state index in [1.807, 2.05) is 12.1 Å². The lowest BCUT2D eigenvalue weighted by molar-refractivity contribution is -0.130. The number of nitrogens with zero attached hydrogens (tertiary/aromatic N) is 3. The lowest BCUT2D eigenvalue weighted by atomic mass is 10.1. The summed E-state index contributed by atoms with van der Waals surface area (Å²) >= 11 is 0. The molecule has 1 saturated heterocycles. The van der Waals surface area contributed by atoms with Gasteiger partial charge in [0, 0.05) is 32.7 Å². The predicted octanol–water partition coefficient (Wildman–Crippen LogP) is 2.79. The Morgan fingerprint density at radius 2 is 1.93 bits per heavy atom. The Hall–Kier alpha value is -3.09. The molecule has 3 rings (SSSR count). The molecular formula is C21H26N4O3. The van der Waals surface area contributed by atoms with Gasteiger partial charge in [0.2, 0.25) is 0 Å². The number of benzene rings is 1. The van der Waals surface area contributed by atoms with E-state index in [0.29, 0.717) is 17.1 Å². The third-order valence-corrected chi connectivity index (χ3v) is 4.67. The lowest BCUT2D eigenvalue weighted by Crippen LogP contribution is -2.29. The van der Waals surface area contributed by atoms with E-state index in [9.17, 15) is 9.59 Å². The summed E-state index contributed by atoms with van der Waals surface area (Å²) in [6.45, 7) is 2.03. The van der Waals surface area contributed by atoms with Crippen molar-refractivity contribution in [1.29, 1.82) is 0 Å². The fourth-order valence-electron chi connectivity index (χ4n) is 2.99. The molecule has 1 aliphatic heterocycles. The molecule has 7 heteroatoms. The minimum atomic E-state index is -0.275. The first-order valence-corrected chi connectivity index (χ1v) is 9.48. The van der Waals surface area contributed by atoms with E-state index < -0.39 is 0 Å². The van der Waals surface area contributed by atoms with Crippen LogP contribution in [0.25, 0.3) is 0 Å². The van der Waals surface area contributed by atoms with Crippen molar-refractivity contribution in [2.45, 2.75) is 19.3 Å². The molecule has 1 aliphatic rings. The first-order chi connectivity index (χ1) is 13.5. The smallest absolute Gasteiger partial charge is 0.259 e. The molecule has 0 atom stereocenters. The van der Waals surface area contributed by atoms with Gasteiger partial charge < -0.3 is 19.9 Å². The van der Waals surface area contributed by atoms with Gasteiger partial charge in [0.1, 0.15) is 11.6 Å². The highest BCUT2D eigenvalue weighted by Crippen LogP contribution is 2.20. The average molecular weight is 382 g/mol. The Kier molecular flexibility index (Phi) is 6.47. The van der Waals surface area contributed by atoms with E-state index in [0.717, 1.165) is 18.8 Å². The van der Waals surface area contributed by atoms with Gasteiger partial charge in [-0.05, 0) is 49.6 Å². The van der Waals surface area contributed by atoms with Crippen LogP contribution >= 0.6 is 0 Å². The number of likely N-dealkylation sites (N-methyl/N-ethyl adjacent to an activating group) is 1. The topological polar surface area (TPSA) is 74.8 Å². The van der Waals surface area contributed by atoms with E-state index in [2.05, 4.69) is 15.2 Å². The summed E-state index contributed by atoms with van der Waals surface area (Å²) in [6, 6.07) is 10.5. The van der Waals surface area contributed by atoms with Crippen molar-refractivity contribution in [2.75, 3.05) is 44.0 Å². The van der Waals surface area contributed by atoms with Crippen molar-refractivity contribution in [1.82, 2.24) is 9.88 Å². The van der Waals surface area contributed by atoms with Crippen LogP contribution in [0, 0.1) is 0 Å². The highest BCUT2D eigenvalue weighted by atomic mass is 16.5. The Labute approximate surface area is 165 Å². The number of rotatable bonds is 6. The molecular weight excluding hydrogens is 356 g/mol. The summed E-state index contributed by atoms with van der Waals surface area (Å²) < 4.78 is 5.46. The van der Waals surface area contributed by atoms with E-state index in [1.54, 1.807) is 44.6 Å². The molecule has 1 aromatic heterocycles. The van der Waals surface area contributed by atoms with Crippen LogP contribution in [0.2, 0.25) is 0 Å². The summed E-state index contributed by atoms with van der Waals surface area (Å²) in [5, 5.41) is 2.80. The fraction of sp³-hybridized carbons (Fsp3) is 0.381. The molecule has 0 bridgehead atoms. The van der Waals surface area contributed by atoms with Gasteiger partial charge in [-0.25, -0.2) is 4.98 Å². The second-order valence-corrected chi connectivity index (χ2v) is 7.01. The molecule has 2 heterocycles. The number of anilines is 2. The van der Waals surface area contributed by atoms with Crippen molar-refractivity contribution in [3.8, 4) is 5.75 Å². The number of amides is 2. The predicted molar refractivity (Wildman–Crippen MR) is 109 cm³/mol. The van der Waals surface area contributed by atoms with Crippen LogP contribution in [0.1, 0.15) is 29.6 Å². The normalized spacial score (nSPS) is 13.7. The van der Waals surface area contributed by atoms with Crippen molar-refractivity contribution < 1.29 is 14.3 Å². The third kappa shape index (κ3) is 5.22. The van der Waals surface area contributed by atoms with Crippen molar-refractivity contribution in [3.63, 3.8) is 0 Å². The third-order valence-electron chi connectivity index (χ3n) is 4.67. The molecule has 0 aliphatic carbocycles. The molecule has 0 unspecified atom stereocenters. The van der Waals surface area contributed by atoms with Crippen LogP contribution in [0.15, 0.2) is 42.6 Å². The van der Waals surface area contributed by atoms with Crippen molar-refractivity contribution in [3.05, 3.63) is 48.2 Å². The zero-order valence-electron chi connectivity index (χ0n) is 16.4. The molecule has 7 nitrogen and oxygen atoms in total. The second-order valence-electron chi connectivity index (χ2n) is 7.01. The van der Waals surface area contributed by atoms with Gasteiger partial charge in [-0.2, -0.15) is 0 Å². The van der Waals surface area contributed by atoms with Gasteiger partial charge in [-0.3, -0.25) is 9.59 Å². The standard InChI is InChI=1S/C21H26N4O3/c1-24(2)20(26)15-28-18-8-6-7-16(13-18)21(27)23-19-10-9-17(14-22-19)25-11-4-3-5-12-25/h6-10,13-14H,3-5,11-12,15H2,1-2H3,(H,22,23,27). The molecule has 0 radical (unpaired) electrons. The molecule has 0 spiro atoms. The molecule has 28 heavy (non-hydrogen) atoms. The first kappa shape index (κ1) is 19.7. The van der Waals surface area contributed by atoms with Crippen LogP contribution in [0.4, 0.5) is 11.5 Å². The van der Waals surface area contributed by atoms with Crippen LogP contribution in [-0.2, 0) is 4.79 Å². The Morgan fingerprint density at radius 3 is 2.61 bits per heavy atom. The first-order valence-electron chi connectivity index (χ1n) is 9.48. The number of hydrogen-bond donors (Lipinski definition) is 1. The molecule has 1 aromatic carbocycles. The highest BCUT2D eigenvalue weighted by molar-refractivity contribution is 6.04. The number of carbonyl (C=O) groups excluding carboxylic acids is 2. The summed E-state index contributed by atoms with van der Waals surface area (Å²) in [5.41, 5.74) is 1.52. The molecule has 0 saturated carbocycles. The van der Waals surface area contributed by atoms with Gasteiger partial charge in [0.05, 0.1) is 11.9 Å². The van der Waals surface area contributed by atoms with Crippen LogP contribution < -0.4 is 15.0 Å². The number of nitrogens with one attached hydrogen (secondary N) is 1. The molecule has 1 fully saturated rings. The summed E-state index contributed by atoms with van der Waals surface area (Å²) in [5.74, 6) is 0.548. The molecule has 148 valence electrons. The number of hydrogen-bond acceptors (Lipinski definition) is 5. The summed E-state index contributed by atoms with van der Waals surface area (Å²) in [7, 11) is 3.33. The average Bonchev–Trinajstić information content (AvgIpc) is 2.73. The van der Waals surface area contributed by atoms with Gasteiger partial charge in [0.15, 0.2) is 6.61 Å². The van der Waals surface area contributed by atoms with Gasteiger partial charge >= 0.3 is 0 Å². The fourth-order valence-corrected chi connectivity index (χ4v) is 2.99. The van der Waals surface area contributed by atoms with Gasteiger partial charge in [-0.1, -0.05) is 6.07 Å². The quantitative estimate of drug-likeness (QED) is 0.832. The zero-order valence-corrected chi connectivity index (χ0v) is 16.4. The van der Waals surface area contributed by atoms with Crippen LogP contribution in [0.5, 0.6) is 5.75 Å². The number of piperidine rings is 1. The maximum atomic E-state index is 12.5. The number of pyridine rings is 1. The van der Waals surface area contributed by atoms with E-state index >= 15 is 0 Å². The number of ether oxygens (including phenoxy) is 1. The monoisotopic (exact) mass is 382 g/mol. The second kappa shape index (κ2) is 9.21. The van der Waals surface area contributed by atoms with Crippen LogP contribution in [-0.4, -0.2) is 55.5 Å². The van der Waals surface area contributed by atoms with E-state index in [-0.39, 0.29) is 18.4 Å². The zero-order chi connectivity index (χ0) is 19.9. The van der Waals surface area contributed by atoms with E-state index in [1.165, 1.54) is 24.2 Å². The van der Waals surface area contributed by atoms with Crippen molar-refractivity contribution in [2.24, 2.45) is 0 Å². The SMILES string of the molecule is CN(C)C(=O)COc1cccc(C(=O)Nc2ccc(N3CCCCC3)cn2)c1. The minimum Gasteiger partial charge on any atom is -0.484 e. The Morgan fingerprint density at radius 1 is 1.14 bits per heavy atom. The van der Waals surface area contributed by atoms with Gasteiger partial charge in [0.25, 0.3) is 11.8 Å². The summed E-state index contributed by atoms with van der Waals surface area (Å²) in [6.07, 6.45) is 5.49. The maximum Gasteiger partial charge on any atom is 0.259 e. The lowest BCUT2D eigenvalue weighted by Gasteiger charge is -2.28. The minimum absolute atomic E-state index is 0.0718. The maximum absolute atomic E-state index is 12.5. The van der Waals surface area contributed by atoms with E-state index in [4.69, 9.17) is 4.74 Å². The number of aromatic nitrogens is 1. The number of carbonyl (C=O) groups is 2. The highest BCUT2D eigenvalue weighted by Gasteiger charge is 2.13. The van der Waals surface area contributed by atoms with Gasteiger partial charge in [-0.15, -0.1) is 0 Å². The Balaban J connectivity index is 1.59. The van der Waals surface area contributed by atoms with Crippen molar-refractivity contribution >= 4 is 23.3 Å². The Bertz CT molecular complexity index is 815. The van der Waals surface area contributed by atoms with Crippen LogP contribution in [0.3, 0.4) is 0 Å². The summed E-state index contributed by atoms with van der Waals surface area (Å²) in [4.78, 5) is 32.3. The molecule has 2 amide bonds. The molecule has 1 N–H and O–H groups in total. The largest absolute Gasteiger partial charge is 0.484 e. The molecule has 2 aromatic rings.